The van der Waals surface area contributed by atoms with Crippen molar-refractivity contribution in [2.75, 3.05) is 6.61 Å². The zero-order valence-corrected chi connectivity index (χ0v) is 11.0. The predicted octanol–water partition coefficient (Wildman–Crippen LogP) is 1.01. The van der Waals surface area contributed by atoms with Gasteiger partial charge in [0, 0.05) is 31.3 Å². The SMILES string of the molecule is Cc1c(C(=O)NC2CCCCC2CO)cnn1C. The average Bonchev–Trinajstić information content (AvgIpc) is 2.71. The first-order chi connectivity index (χ1) is 8.63. The molecule has 0 spiro atoms. The summed E-state index contributed by atoms with van der Waals surface area (Å²) in [6.07, 6.45) is 5.81. The van der Waals surface area contributed by atoms with Crippen LogP contribution in [0.25, 0.3) is 0 Å². The van der Waals surface area contributed by atoms with Gasteiger partial charge in [-0.05, 0) is 19.8 Å². The van der Waals surface area contributed by atoms with E-state index in [-0.39, 0.29) is 24.5 Å². The minimum absolute atomic E-state index is 0.0778. The maximum atomic E-state index is 12.2. The van der Waals surface area contributed by atoms with E-state index in [1.54, 1.807) is 10.9 Å². The molecule has 2 atom stereocenters. The summed E-state index contributed by atoms with van der Waals surface area (Å²) in [6, 6.07) is 0.0934. The van der Waals surface area contributed by atoms with Crippen LogP contribution in [0.2, 0.25) is 0 Å². The van der Waals surface area contributed by atoms with E-state index < -0.39 is 0 Å². The summed E-state index contributed by atoms with van der Waals surface area (Å²) in [5.74, 6) is 0.116. The fourth-order valence-electron chi connectivity index (χ4n) is 2.58. The number of rotatable bonds is 3. The normalized spacial score (nSPS) is 23.9. The second kappa shape index (κ2) is 5.52. The van der Waals surface area contributed by atoms with Gasteiger partial charge in [0.1, 0.15) is 0 Å². The summed E-state index contributed by atoms with van der Waals surface area (Å²) in [7, 11) is 1.82. The molecular weight excluding hydrogens is 230 g/mol. The number of aliphatic hydroxyl groups is 1. The van der Waals surface area contributed by atoms with E-state index in [1.807, 2.05) is 14.0 Å². The number of hydrogen-bond donors (Lipinski definition) is 2. The first-order valence-electron chi connectivity index (χ1n) is 6.53. The fourth-order valence-corrected chi connectivity index (χ4v) is 2.58. The van der Waals surface area contributed by atoms with Crippen molar-refractivity contribution >= 4 is 5.91 Å². The van der Waals surface area contributed by atoms with Crippen LogP contribution in [0.15, 0.2) is 6.20 Å². The molecule has 0 saturated heterocycles. The van der Waals surface area contributed by atoms with Crippen molar-refractivity contribution in [3.63, 3.8) is 0 Å². The molecule has 5 nitrogen and oxygen atoms in total. The van der Waals surface area contributed by atoms with Gasteiger partial charge >= 0.3 is 0 Å². The van der Waals surface area contributed by atoms with Gasteiger partial charge in [0.05, 0.1) is 11.8 Å². The molecule has 5 heteroatoms. The Morgan fingerprint density at radius 3 is 2.89 bits per heavy atom. The van der Waals surface area contributed by atoms with Crippen LogP contribution in [0.3, 0.4) is 0 Å². The molecule has 1 heterocycles. The Bertz CT molecular complexity index is 428. The van der Waals surface area contributed by atoms with Crippen LogP contribution in [-0.4, -0.2) is 33.4 Å². The van der Waals surface area contributed by atoms with Gasteiger partial charge in [-0.3, -0.25) is 9.48 Å². The molecule has 2 rings (SSSR count). The van der Waals surface area contributed by atoms with Crippen LogP contribution in [-0.2, 0) is 7.05 Å². The summed E-state index contributed by atoms with van der Waals surface area (Å²) in [4.78, 5) is 12.2. The molecule has 0 radical (unpaired) electrons. The van der Waals surface area contributed by atoms with Crippen LogP contribution in [0.5, 0.6) is 0 Å². The molecule has 1 aliphatic carbocycles. The highest BCUT2D eigenvalue weighted by molar-refractivity contribution is 5.95. The van der Waals surface area contributed by atoms with Crippen LogP contribution in [0, 0.1) is 12.8 Å². The third kappa shape index (κ3) is 2.56. The predicted molar refractivity (Wildman–Crippen MR) is 68.2 cm³/mol. The standard InChI is InChI=1S/C13H21N3O2/c1-9-11(7-14-16(9)2)13(18)15-12-6-4-3-5-10(12)8-17/h7,10,12,17H,3-6,8H2,1-2H3,(H,15,18). The van der Waals surface area contributed by atoms with Crippen LogP contribution in [0.1, 0.15) is 41.7 Å². The summed E-state index contributed by atoms with van der Waals surface area (Å²) in [5, 5.41) is 16.4. The van der Waals surface area contributed by atoms with Gasteiger partial charge in [0.2, 0.25) is 0 Å². The molecule has 2 N–H and O–H groups in total. The number of carbonyl (C=O) groups excluding carboxylic acids is 1. The van der Waals surface area contributed by atoms with Crippen molar-refractivity contribution in [1.29, 1.82) is 0 Å². The molecule has 0 aliphatic heterocycles. The fraction of sp³-hybridized carbons (Fsp3) is 0.692. The zero-order valence-electron chi connectivity index (χ0n) is 11.0. The van der Waals surface area contributed by atoms with Crippen LogP contribution < -0.4 is 5.32 Å². The Balaban J connectivity index is 2.04. The lowest BCUT2D eigenvalue weighted by Crippen LogP contribution is -2.43. The van der Waals surface area contributed by atoms with E-state index in [1.165, 1.54) is 0 Å². The molecule has 0 aromatic carbocycles. The first-order valence-corrected chi connectivity index (χ1v) is 6.53. The highest BCUT2D eigenvalue weighted by atomic mass is 16.3. The monoisotopic (exact) mass is 251 g/mol. The molecule has 18 heavy (non-hydrogen) atoms. The van der Waals surface area contributed by atoms with Crippen molar-refractivity contribution < 1.29 is 9.90 Å². The lowest BCUT2D eigenvalue weighted by molar-refractivity contribution is 0.0872. The number of aromatic nitrogens is 2. The quantitative estimate of drug-likeness (QED) is 0.842. The van der Waals surface area contributed by atoms with E-state index >= 15 is 0 Å². The topological polar surface area (TPSA) is 67.2 Å². The summed E-state index contributed by atoms with van der Waals surface area (Å²) < 4.78 is 1.69. The molecular formula is C13H21N3O2. The second-order valence-electron chi connectivity index (χ2n) is 5.07. The molecule has 100 valence electrons. The second-order valence-corrected chi connectivity index (χ2v) is 5.07. The van der Waals surface area contributed by atoms with Gasteiger partial charge in [-0.1, -0.05) is 12.8 Å². The molecule has 1 saturated carbocycles. The van der Waals surface area contributed by atoms with Crippen molar-refractivity contribution in [2.45, 2.75) is 38.6 Å². The van der Waals surface area contributed by atoms with Gasteiger partial charge in [0.25, 0.3) is 5.91 Å². The van der Waals surface area contributed by atoms with Crippen molar-refractivity contribution in [3.05, 3.63) is 17.5 Å². The molecule has 1 aliphatic rings. The highest BCUT2D eigenvalue weighted by Gasteiger charge is 2.26. The van der Waals surface area contributed by atoms with Crippen molar-refractivity contribution in [1.82, 2.24) is 15.1 Å². The first kappa shape index (κ1) is 13.1. The highest BCUT2D eigenvalue weighted by Crippen LogP contribution is 2.24. The summed E-state index contributed by atoms with van der Waals surface area (Å²) >= 11 is 0. The zero-order chi connectivity index (χ0) is 13.1. The number of aryl methyl sites for hydroxylation is 1. The summed E-state index contributed by atoms with van der Waals surface area (Å²) in [6.45, 7) is 2.03. The van der Waals surface area contributed by atoms with E-state index in [0.717, 1.165) is 31.4 Å². The van der Waals surface area contributed by atoms with E-state index in [4.69, 9.17) is 0 Å². The number of aliphatic hydroxyl groups excluding tert-OH is 1. The number of amides is 1. The maximum absolute atomic E-state index is 12.2. The molecule has 2 unspecified atom stereocenters. The lowest BCUT2D eigenvalue weighted by Gasteiger charge is -2.30. The van der Waals surface area contributed by atoms with Crippen LogP contribution >= 0.6 is 0 Å². The Kier molecular flexibility index (Phi) is 4.01. The largest absolute Gasteiger partial charge is 0.396 e. The van der Waals surface area contributed by atoms with Crippen LogP contribution in [0.4, 0.5) is 0 Å². The van der Waals surface area contributed by atoms with Crippen molar-refractivity contribution in [3.8, 4) is 0 Å². The van der Waals surface area contributed by atoms with Gasteiger partial charge < -0.3 is 10.4 Å². The Morgan fingerprint density at radius 2 is 2.28 bits per heavy atom. The molecule has 1 aromatic rings. The van der Waals surface area contributed by atoms with Gasteiger partial charge in [-0.25, -0.2) is 0 Å². The van der Waals surface area contributed by atoms with Gasteiger partial charge in [-0.2, -0.15) is 5.10 Å². The Labute approximate surface area is 107 Å². The molecule has 1 fully saturated rings. The molecule has 0 bridgehead atoms. The van der Waals surface area contributed by atoms with Gasteiger partial charge in [-0.15, -0.1) is 0 Å². The minimum Gasteiger partial charge on any atom is -0.396 e. The maximum Gasteiger partial charge on any atom is 0.254 e. The van der Waals surface area contributed by atoms with E-state index in [0.29, 0.717) is 5.56 Å². The number of nitrogens with zero attached hydrogens (tertiary/aromatic N) is 2. The third-order valence-electron chi connectivity index (χ3n) is 3.94. The van der Waals surface area contributed by atoms with Gasteiger partial charge in [0.15, 0.2) is 0 Å². The molecule has 1 amide bonds. The van der Waals surface area contributed by atoms with Crippen molar-refractivity contribution in [2.24, 2.45) is 13.0 Å². The minimum atomic E-state index is -0.0778. The number of nitrogens with one attached hydrogen (secondary N) is 1. The molecule has 1 aromatic heterocycles. The van der Waals surface area contributed by atoms with E-state index in [2.05, 4.69) is 10.4 Å². The third-order valence-corrected chi connectivity index (χ3v) is 3.94. The van der Waals surface area contributed by atoms with E-state index in [9.17, 15) is 9.90 Å². The Hall–Kier alpha value is -1.36. The average molecular weight is 251 g/mol. The number of carbonyl (C=O) groups is 1. The smallest absolute Gasteiger partial charge is 0.254 e. The lowest BCUT2D eigenvalue weighted by atomic mass is 9.85. The summed E-state index contributed by atoms with van der Waals surface area (Å²) in [5.41, 5.74) is 1.49. The number of hydrogen-bond acceptors (Lipinski definition) is 3. The Morgan fingerprint density at radius 1 is 1.56 bits per heavy atom.